The van der Waals surface area contributed by atoms with Crippen molar-refractivity contribution in [2.45, 2.75) is 32.0 Å². The minimum atomic E-state index is -0.943. The van der Waals surface area contributed by atoms with E-state index in [1.54, 1.807) is 6.07 Å². The molecule has 0 bridgehead atoms. The Morgan fingerprint density at radius 1 is 0.914 bits per heavy atom. The molecule has 0 fully saturated rings. The first-order chi connectivity index (χ1) is 17.0. The van der Waals surface area contributed by atoms with Gasteiger partial charge < -0.3 is 25.4 Å². The average Bonchev–Trinajstić information content (AvgIpc) is 2.88. The van der Waals surface area contributed by atoms with E-state index in [4.69, 9.17) is 4.74 Å². The normalized spacial score (nSPS) is 13.3. The summed E-state index contributed by atoms with van der Waals surface area (Å²) in [7, 11) is 0. The van der Waals surface area contributed by atoms with Gasteiger partial charge >= 0.3 is 12.2 Å². The predicted octanol–water partition coefficient (Wildman–Crippen LogP) is 4.20. The van der Waals surface area contributed by atoms with Crippen LogP contribution in [0.15, 0.2) is 78.9 Å². The Morgan fingerprint density at radius 2 is 1.60 bits per heavy atom. The van der Waals surface area contributed by atoms with Gasteiger partial charge in [0.1, 0.15) is 12.6 Å². The molecule has 35 heavy (non-hydrogen) atoms. The van der Waals surface area contributed by atoms with Gasteiger partial charge in [0.05, 0.1) is 0 Å². The van der Waals surface area contributed by atoms with Gasteiger partial charge in [-0.25, -0.2) is 9.59 Å². The van der Waals surface area contributed by atoms with Gasteiger partial charge in [-0.15, -0.1) is 0 Å². The molecule has 1 heterocycles. The minimum absolute atomic E-state index is 0.102. The van der Waals surface area contributed by atoms with Crippen LogP contribution in [0, 0.1) is 0 Å². The number of rotatable bonds is 7. The van der Waals surface area contributed by atoms with Crippen molar-refractivity contribution in [3.8, 4) is 0 Å². The van der Waals surface area contributed by atoms with Gasteiger partial charge in [-0.3, -0.25) is 4.79 Å². The lowest BCUT2D eigenvalue weighted by atomic mass is 9.99. The summed E-state index contributed by atoms with van der Waals surface area (Å²) in [4.78, 5) is 38.3. The van der Waals surface area contributed by atoms with Crippen molar-refractivity contribution >= 4 is 23.8 Å². The second-order valence-corrected chi connectivity index (χ2v) is 8.38. The van der Waals surface area contributed by atoms with E-state index in [1.807, 2.05) is 72.8 Å². The van der Waals surface area contributed by atoms with Gasteiger partial charge in [0, 0.05) is 25.2 Å². The molecule has 8 heteroatoms. The van der Waals surface area contributed by atoms with Gasteiger partial charge in [-0.1, -0.05) is 66.7 Å². The highest BCUT2D eigenvalue weighted by atomic mass is 16.5. The number of alkyl carbamates (subject to hydrolysis) is 1. The van der Waals surface area contributed by atoms with Crippen LogP contribution >= 0.6 is 0 Å². The fourth-order valence-electron chi connectivity index (χ4n) is 3.99. The quantitative estimate of drug-likeness (QED) is 0.477. The van der Waals surface area contributed by atoms with E-state index in [0.717, 1.165) is 22.3 Å². The molecule has 0 spiro atoms. The summed E-state index contributed by atoms with van der Waals surface area (Å²) in [6.07, 6.45) is -0.750. The number of ether oxygens (including phenoxy) is 1. The smallest absolute Gasteiger partial charge is 0.408 e. The summed E-state index contributed by atoms with van der Waals surface area (Å²) in [5.41, 5.74) is 4.25. The Morgan fingerprint density at radius 3 is 2.29 bits per heavy atom. The zero-order chi connectivity index (χ0) is 24.6. The van der Waals surface area contributed by atoms with Crippen molar-refractivity contribution in [3.05, 3.63) is 101 Å². The lowest BCUT2D eigenvalue weighted by Gasteiger charge is -2.27. The first kappa shape index (κ1) is 23.8. The molecule has 8 nitrogen and oxygen atoms in total. The van der Waals surface area contributed by atoms with E-state index in [0.29, 0.717) is 31.6 Å². The second-order valence-electron chi connectivity index (χ2n) is 8.38. The number of hydrogen-bond donors (Lipinski definition) is 3. The van der Waals surface area contributed by atoms with Crippen LogP contribution in [-0.4, -0.2) is 40.7 Å². The molecule has 0 aliphatic carbocycles. The molecule has 0 saturated heterocycles. The molecule has 3 amide bonds. The molecule has 3 N–H and O–H groups in total. The Labute approximate surface area is 203 Å². The van der Waals surface area contributed by atoms with Crippen LogP contribution < -0.4 is 10.6 Å². The molecule has 4 rings (SSSR count). The van der Waals surface area contributed by atoms with Crippen molar-refractivity contribution in [2.75, 3.05) is 11.9 Å². The number of nitrogens with zero attached hydrogens (tertiary/aromatic N) is 1. The first-order valence-electron chi connectivity index (χ1n) is 11.4. The number of amides is 3. The maximum atomic E-state index is 13.2. The molecule has 0 unspecified atom stereocenters. The summed E-state index contributed by atoms with van der Waals surface area (Å²) in [5, 5.41) is 14.8. The molecule has 3 aromatic carbocycles. The molecule has 1 aliphatic heterocycles. The van der Waals surface area contributed by atoms with Crippen LogP contribution in [0.5, 0.6) is 0 Å². The number of fused-ring (bicyclic) bond motifs is 1. The molecular weight excluding hydrogens is 446 g/mol. The molecule has 0 radical (unpaired) electrons. The summed E-state index contributed by atoms with van der Waals surface area (Å²) >= 11 is 0. The highest BCUT2D eigenvalue weighted by Crippen LogP contribution is 2.23. The molecule has 0 saturated carbocycles. The number of carboxylic acid groups (broad SMARTS) is 1. The third-order valence-corrected chi connectivity index (χ3v) is 5.86. The van der Waals surface area contributed by atoms with Crippen molar-refractivity contribution in [1.82, 2.24) is 10.2 Å². The molecule has 3 aromatic rings. The number of carbonyl (C=O) groups is 3. The third-order valence-electron chi connectivity index (χ3n) is 5.86. The molecule has 180 valence electrons. The number of anilines is 1. The lowest BCUT2D eigenvalue weighted by molar-refractivity contribution is -0.118. The maximum absolute atomic E-state index is 13.2. The maximum Gasteiger partial charge on any atom is 0.408 e. The van der Waals surface area contributed by atoms with E-state index in [1.165, 1.54) is 4.90 Å². The van der Waals surface area contributed by atoms with Gasteiger partial charge in [-0.2, -0.15) is 0 Å². The molecule has 1 atom stereocenters. The van der Waals surface area contributed by atoms with E-state index >= 15 is 0 Å². The fraction of sp³-hybridized carbons (Fsp3) is 0.222. The molecule has 1 aliphatic rings. The van der Waals surface area contributed by atoms with E-state index < -0.39 is 18.2 Å². The van der Waals surface area contributed by atoms with E-state index in [9.17, 15) is 19.5 Å². The SMILES string of the molecule is O=C(N[C@@H](Cc1ccccc1)C(=O)Nc1ccc2c(c1)CCN(C(=O)O)C2)OCc1ccccc1. The molecular formula is C27H27N3O5. The zero-order valence-electron chi connectivity index (χ0n) is 19.1. The number of carbonyl (C=O) groups excluding carboxylic acids is 2. The third kappa shape index (κ3) is 6.60. The van der Waals surface area contributed by atoms with Crippen molar-refractivity contribution in [3.63, 3.8) is 0 Å². The predicted molar refractivity (Wildman–Crippen MR) is 131 cm³/mol. The second kappa shape index (κ2) is 11.2. The van der Waals surface area contributed by atoms with Gasteiger partial charge in [0.25, 0.3) is 0 Å². The minimum Gasteiger partial charge on any atom is -0.465 e. The van der Waals surface area contributed by atoms with Crippen LogP contribution in [-0.2, 0) is 35.5 Å². The van der Waals surface area contributed by atoms with E-state index in [-0.39, 0.29) is 12.5 Å². The summed E-state index contributed by atoms with van der Waals surface area (Å²) in [6.45, 7) is 0.833. The fourth-order valence-corrected chi connectivity index (χ4v) is 3.99. The van der Waals surface area contributed by atoms with Gasteiger partial charge in [0.15, 0.2) is 0 Å². The number of benzene rings is 3. The number of hydrogen-bond acceptors (Lipinski definition) is 4. The van der Waals surface area contributed by atoms with Gasteiger partial charge in [0.2, 0.25) is 5.91 Å². The van der Waals surface area contributed by atoms with Crippen LogP contribution in [0.25, 0.3) is 0 Å². The number of nitrogens with one attached hydrogen (secondary N) is 2. The van der Waals surface area contributed by atoms with Crippen molar-refractivity contribution in [1.29, 1.82) is 0 Å². The Balaban J connectivity index is 1.43. The largest absolute Gasteiger partial charge is 0.465 e. The standard InChI is InChI=1S/C27H27N3O5/c31-25(28-23-12-11-22-17-30(27(33)34)14-13-21(22)16-23)24(15-19-7-3-1-4-8-19)29-26(32)35-18-20-9-5-2-6-10-20/h1-12,16,24H,13-15,17-18H2,(H,28,31)(H,29,32)(H,33,34)/t24-/m0/s1. The monoisotopic (exact) mass is 473 g/mol. The highest BCUT2D eigenvalue weighted by molar-refractivity contribution is 5.96. The first-order valence-corrected chi connectivity index (χ1v) is 11.4. The van der Waals surface area contributed by atoms with E-state index in [2.05, 4.69) is 10.6 Å². The Kier molecular flexibility index (Phi) is 7.62. The van der Waals surface area contributed by atoms with Crippen LogP contribution in [0.2, 0.25) is 0 Å². The van der Waals surface area contributed by atoms with Crippen LogP contribution in [0.1, 0.15) is 22.3 Å². The van der Waals surface area contributed by atoms with Gasteiger partial charge in [-0.05, 0) is 40.8 Å². The lowest BCUT2D eigenvalue weighted by Crippen LogP contribution is -2.45. The Bertz CT molecular complexity index is 1180. The summed E-state index contributed by atoms with van der Waals surface area (Å²) in [6, 6.07) is 23.3. The summed E-state index contributed by atoms with van der Waals surface area (Å²) in [5.74, 6) is -0.367. The van der Waals surface area contributed by atoms with Crippen LogP contribution in [0.4, 0.5) is 15.3 Å². The highest BCUT2D eigenvalue weighted by Gasteiger charge is 2.24. The Hall–Kier alpha value is -4.33. The zero-order valence-corrected chi connectivity index (χ0v) is 19.1. The summed E-state index contributed by atoms with van der Waals surface area (Å²) < 4.78 is 5.32. The average molecular weight is 474 g/mol. The van der Waals surface area contributed by atoms with Crippen LogP contribution in [0.3, 0.4) is 0 Å². The van der Waals surface area contributed by atoms with Crippen molar-refractivity contribution < 1.29 is 24.2 Å². The van der Waals surface area contributed by atoms with Crippen molar-refractivity contribution in [2.24, 2.45) is 0 Å². The topological polar surface area (TPSA) is 108 Å². The molecule has 0 aromatic heterocycles.